The smallest absolute Gasteiger partial charge is 0.153 e. The number of aryl methyl sites for hydroxylation is 1. The second-order valence-corrected chi connectivity index (χ2v) is 5.06. The van der Waals surface area contributed by atoms with Crippen LogP contribution < -0.4 is 5.73 Å². The highest BCUT2D eigenvalue weighted by Crippen LogP contribution is 2.31. The van der Waals surface area contributed by atoms with Gasteiger partial charge in [0, 0.05) is 24.9 Å². The van der Waals surface area contributed by atoms with E-state index in [-0.39, 0.29) is 5.54 Å². The molecule has 2 N–H and O–H groups in total. The first-order valence-corrected chi connectivity index (χ1v) is 5.69. The van der Waals surface area contributed by atoms with E-state index in [1.54, 1.807) is 0 Å². The zero-order valence-electron chi connectivity index (χ0n) is 9.82. The summed E-state index contributed by atoms with van der Waals surface area (Å²) in [7, 11) is 1.95. The van der Waals surface area contributed by atoms with Gasteiger partial charge in [0.15, 0.2) is 5.82 Å². The molecular weight excluding hydrogens is 188 g/mol. The SMILES string of the molecule is CC(C)c1nc(CC2(N)CCC2)n(C)n1. The molecule has 0 bridgehead atoms. The molecule has 84 valence electrons. The Bertz CT molecular complexity index is 349. The van der Waals surface area contributed by atoms with Crippen molar-refractivity contribution in [3.63, 3.8) is 0 Å². The van der Waals surface area contributed by atoms with Crippen LogP contribution in [0.3, 0.4) is 0 Å². The van der Waals surface area contributed by atoms with E-state index in [1.807, 2.05) is 11.7 Å². The first-order chi connectivity index (χ1) is 7.00. The van der Waals surface area contributed by atoms with Gasteiger partial charge in [-0.2, -0.15) is 5.10 Å². The molecule has 0 spiro atoms. The molecule has 0 saturated heterocycles. The van der Waals surface area contributed by atoms with Crippen LogP contribution in [-0.4, -0.2) is 20.3 Å². The van der Waals surface area contributed by atoms with Crippen LogP contribution in [0.25, 0.3) is 0 Å². The monoisotopic (exact) mass is 208 g/mol. The molecular formula is C11H20N4. The topological polar surface area (TPSA) is 56.7 Å². The predicted molar refractivity (Wildman–Crippen MR) is 59.6 cm³/mol. The third-order valence-electron chi connectivity index (χ3n) is 3.25. The van der Waals surface area contributed by atoms with Gasteiger partial charge in [0.1, 0.15) is 5.82 Å². The zero-order chi connectivity index (χ0) is 11.1. The summed E-state index contributed by atoms with van der Waals surface area (Å²) in [6, 6.07) is 0. The molecule has 0 amide bonds. The number of hydrogen-bond donors (Lipinski definition) is 1. The van der Waals surface area contributed by atoms with Gasteiger partial charge in [0.2, 0.25) is 0 Å². The fourth-order valence-electron chi connectivity index (χ4n) is 1.96. The molecule has 4 nitrogen and oxygen atoms in total. The van der Waals surface area contributed by atoms with Gasteiger partial charge in [-0.3, -0.25) is 4.68 Å². The second-order valence-electron chi connectivity index (χ2n) is 5.06. The zero-order valence-corrected chi connectivity index (χ0v) is 9.82. The Hall–Kier alpha value is -0.900. The average Bonchev–Trinajstić information content (AvgIpc) is 2.45. The first kappa shape index (κ1) is 10.6. The molecule has 1 saturated carbocycles. The number of nitrogens with two attached hydrogens (primary N) is 1. The molecule has 0 aromatic carbocycles. The lowest BCUT2D eigenvalue weighted by Crippen LogP contribution is -2.48. The van der Waals surface area contributed by atoms with E-state index in [0.29, 0.717) is 5.92 Å². The molecule has 15 heavy (non-hydrogen) atoms. The molecule has 0 radical (unpaired) electrons. The van der Waals surface area contributed by atoms with Crippen LogP contribution >= 0.6 is 0 Å². The summed E-state index contributed by atoms with van der Waals surface area (Å²) < 4.78 is 1.88. The van der Waals surface area contributed by atoms with Crippen LogP contribution in [0, 0.1) is 0 Å². The maximum absolute atomic E-state index is 6.21. The summed E-state index contributed by atoms with van der Waals surface area (Å²) in [5.74, 6) is 2.34. The fourth-order valence-corrected chi connectivity index (χ4v) is 1.96. The van der Waals surface area contributed by atoms with E-state index in [2.05, 4.69) is 23.9 Å². The van der Waals surface area contributed by atoms with E-state index in [9.17, 15) is 0 Å². The minimum Gasteiger partial charge on any atom is -0.325 e. The molecule has 1 heterocycles. The number of nitrogens with zero attached hydrogens (tertiary/aromatic N) is 3. The molecule has 1 aliphatic rings. The van der Waals surface area contributed by atoms with Gasteiger partial charge in [-0.25, -0.2) is 4.98 Å². The predicted octanol–water partition coefficient (Wildman–Crippen LogP) is 1.36. The Kier molecular flexibility index (Phi) is 2.54. The van der Waals surface area contributed by atoms with Crippen LogP contribution in [0.5, 0.6) is 0 Å². The summed E-state index contributed by atoms with van der Waals surface area (Å²) >= 11 is 0. The quantitative estimate of drug-likeness (QED) is 0.816. The van der Waals surface area contributed by atoms with Crippen molar-refractivity contribution in [1.82, 2.24) is 14.8 Å². The summed E-state index contributed by atoms with van der Waals surface area (Å²) in [6.07, 6.45) is 4.36. The molecule has 1 fully saturated rings. The lowest BCUT2D eigenvalue weighted by atomic mass is 9.75. The molecule has 0 atom stereocenters. The van der Waals surface area contributed by atoms with E-state index < -0.39 is 0 Å². The highest BCUT2D eigenvalue weighted by molar-refractivity contribution is 5.05. The lowest BCUT2D eigenvalue weighted by molar-refractivity contribution is 0.241. The normalized spacial score (nSPS) is 19.3. The van der Waals surface area contributed by atoms with E-state index in [1.165, 1.54) is 6.42 Å². The highest BCUT2D eigenvalue weighted by atomic mass is 15.3. The van der Waals surface area contributed by atoms with E-state index in [0.717, 1.165) is 30.9 Å². The van der Waals surface area contributed by atoms with Gasteiger partial charge in [-0.05, 0) is 19.3 Å². The Morgan fingerprint density at radius 2 is 2.13 bits per heavy atom. The minimum absolute atomic E-state index is 0.00492. The van der Waals surface area contributed by atoms with Crippen LogP contribution in [-0.2, 0) is 13.5 Å². The maximum Gasteiger partial charge on any atom is 0.153 e. The Morgan fingerprint density at radius 1 is 1.47 bits per heavy atom. The molecule has 4 heteroatoms. The number of rotatable bonds is 3. The molecule has 0 aliphatic heterocycles. The van der Waals surface area contributed by atoms with Crippen molar-refractivity contribution in [2.45, 2.75) is 51.0 Å². The van der Waals surface area contributed by atoms with Crippen molar-refractivity contribution >= 4 is 0 Å². The standard InChI is InChI=1S/C11H20N4/c1-8(2)10-13-9(15(3)14-10)7-11(12)5-4-6-11/h8H,4-7,12H2,1-3H3. The fraction of sp³-hybridized carbons (Fsp3) is 0.818. The van der Waals surface area contributed by atoms with Gasteiger partial charge in [-0.1, -0.05) is 13.8 Å². The van der Waals surface area contributed by atoms with Crippen LogP contribution in [0.4, 0.5) is 0 Å². The van der Waals surface area contributed by atoms with Crippen LogP contribution in [0.1, 0.15) is 50.7 Å². The van der Waals surface area contributed by atoms with Gasteiger partial charge in [0.25, 0.3) is 0 Å². The van der Waals surface area contributed by atoms with Crippen molar-refractivity contribution < 1.29 is 0 Å². The van der Waals surface area contributed by atoms with Crippen molar-refractivity contribution in [2.24, 2.45) is 12.8 Å². The molecule has 0 unspecified atom stereocenters. The average molecular weight is 208 g/mol. The molecule has 2 rings (SSSR count). The van der Waals surface area contributed by atoms with Gasteiger partial charge < -0.3 is 5.73 Å². The largest absolute Gasteiger partial charge is 0.325 e. The summed E-state index contributed by atoms with van der Waals surface area (Å²) in [5.41, 5.74) is 6.20. The second kappa shape index (κ2) is 3.59. The number of hydrogen-bond acceptors (Lipinski definition) is 3. The molecule has 1 aromatic rings. The number of aromatic nitrogens is 3. The van der Waals surface area contributed by atoms with Crippen molar-refractivity contribution in [3.8, 4) is 0 Å². The Labute approximate surface area is 90.9 Å². The Morgan fingerprint density at radius 3 is 2.53 bits per heavy atom. The summed E-state index contributed by atoms with van der Waals surface area (Å²) in [4.78, 5) is 4.55. The Balaban J connectivity index is 2.14. The minimum atomic E-state index is -0.00492. The highest BCUT2D eigenvalue weighted by Gasteiger charge is 2.34. The maximum atomic E-state index is 6.21. The van der Waals surface area contributed by atoms with Gasteiger partial charge in [-0.15, -0.1) is 0 Å². The first-order valence-electron chi connectivity index (χ1n) is 5.69. The molecule has 1 aromatic heterocycles. The third kappa shape index (κ3) is 2.04. The van der Waals surface area contributed by atoms with Crippen LogP contribution in [0.2, 0.25) is 0 Å². The van der Waals surface area contributed by atoms with Crippen molar-refractivity contribution in [1.29, 1.82) is 0 Å². The van der Waals surface area contributed by atoms with Crippen LogP contribution in [0.15, 0.2) is 0 Å². The van der Waals surface area contributed by atoms with E-state index in [4.69, 9.17) is 5.73 Å². The lowest BCUT2D eigenvalue weighted by Gasteiger charge is -2.37. The molecule has 1 aliphatic carbocycles. The van der Waals surface area contributed by atoms with E-state index >= 15 is 0 Å². The van der Waals surface area contributed by atoms with Gasteiger partial charge >= 0.3 is 0 Å². The van der Waals surface area contributed by atoms with Gasteiger partial charge in [0.05, 0.1) is 0 Å². The third-order valence-corrected chi connectivity index (χ3v) is 3.25. The van der Waals surface area contributed by atoms with Crippen molar-refractivity contribution in [3.05, 3.63) is 11.6 Å². The van der Waals surface area contributed by atoms with Crippen molar-refractivity contribution in [2.75, 3.05) is 0 Å². The summed E-state index contributed by atoms with van der Waals surface area (Å²) in [5, 5.41) is 4.40. The summed E-state index contributed by atoms with van der Waals surface area (Å²) in [6.45, 7) is 4.22.